The molecule has 0 saturated carbocycles. The average Bonchev–Trinajstić information content (AvgIpc) is 3.19. The van der Waals surface area contributed by atoms with E-state index in [1.165, 1.54) is 38.8 Å². The number of nitrogens with zero attached hydrogens (tertiary/aromatic N) is 3. The Hall–Kier alpha value is -0.0800. The molecule has 0 bridgehead atoms. The first-order valence-corrected chi connectivity index (χ1v) is 9.39. The highest BCUT2D eigenvalue weighted by molar-refractivity contribution is 14.0. The highest BCUT2D eigenvalue weighted by Crippen LogP contribution is 2.38. The third kappa shape index (κ3) is 4.75. The van der Waals surface area contributed by atoms with E-state index in [4.69, 9.17) is 4.74 Å². The molecule has 1 N–H and O–H groups in total. The zero-order chi connectivity index (χ0) is 16.3. The second kappa shape index (κ2) is 9.03. The maximum absolute atomic E-state index is 5.64. The summed E-state index contributed by atoms with van der Waals surface area (Å²) in [5.74, 6) is 1.84. The number of ether oxygens (including phenoxy) is 1. The van der Waals surface area contributed by atoms with E-state index < -0.39 is 0 Å². The molecule has 3 fully saturated rings. The van der Waals surface area contributed by atoms with Crippen molar-refractivity contribution in [3.8, 4) is 0 Å². The molecule has 140 valence electrons. The Bertz CT molecular complexity index is 423. The first-order valence-electron chi connectivity index (χ1n) is 9.39. The van der Waals surface area contributed by atoms with Gasteiger partial charge in [-0.05, 0) is 52.0 Å². The van der Waals surface area contributed by atoms with Gasteiger partial charge in [-0.15, -0.1) is 24.0 Å². The number of piperidine rings is 1. The van der Waals surface area contributed by atoms with Crippen LogP contribution in [0, 0.1) is 11.3 Å². The number of hydrogen-bond acceptors (Lipinski definition) is 3. The van der Waals surface area contributed by atoms with E-state index in [0.717, 1.165) is 44.7 Å². The van der Waals surface area contributed by atoms with Gasteiger partial charge in [0, 0.05) is 51.3 Å². The summed E-state index contributed by atoms with van der Waals surface area (Å²) < 4.78 is 5.64. The average molecular weight is 450 g/mol. The molecule has 0 aromatic carbocycles. The zero-order valence-electron chi connectivity index (χ0n) is 15.6. The van der Waals surface area contributed by atoms with E-state index in [9.17, 15) is 0 Å². The minimum Gasteiger partial charge on any atom is -0.381 e. The van der Waals surface area contributed by atoms with Crippen LogP contribution < -0.4 is 5.32 Å². The smallest absolute Gasteiger partial charge is 0.193 e. The number of hydrogen-bond donors (Lipinski definition) is 1. The predicted octanol–water partition coefficient (Wildman–Crippen LogP) is 2.41. The summed E-state index contributed by atoms with van der Waals surface area (Å²) in [6, 6.07) is 0.665. The van der Waals surface area contributed by atoms with Gasteiger partial charge in [0.25, 0.3) is 0 Å². The van der Waals surface area contributed by atoms with Crippen LogP contribution in [0.2, 0.25) is 0 Å². The first-order chi connectivity index (χ1) is 11.1. The third-order valence-electron chi connectivity index (χ3n) is 5.96. The van der Waals surface area contributed by atoms with Crippen LogP contribution >= 0.6 is 24.0 Å². The molecule has 2 atom stereocenters. The molecule has 3 heterocycles. The summed E-state index contributed by atoms with van der Waals surface area (Å²) in [5, 5.41) is 3.66. The van der Waals surface area contributed by atoms with Crippen LogP contribution in [0.25, 0.3) is 0 Å². The van der Waals surface area contributed by atoms with Crippen molar-refractivity contribution < 1.29 is 4.74 Å². The van der Waals surface area contributed by atoms with E-state index in [0.29, 0.717) is 11.5 Å². The quantitative estimate of drug-likeness (QED) is 0.408. The summed E-state index contributed by atoms with van der Waals surface area (Å²) in [4.78, 5) is 9.59. The summed E-state index contributed by atoms with van der Waals surface area (Å²) in [6.07, 6.45) is 5.13. The van der Waals surface area contributed by atoms with Gasteiger partial charge in [-0.2, -0.15) is 0 Å². The molecule has 3 saturated heterocycles. The Kier molecular flexibility index (Phi) is 7.61. The number of rotatable bonds is 3. The Balaban J connectivity index is 0.00000208. The van der Waals surface area contributed by atoms with Gasteiger partial charge in [0.15, 0.2) is 5.96 Å². The Morgan fingerprint density at radius 1 is 1.33 bits per heavy atom. The fourth-order valence-corrected chi connectivity index (χ4v) is 4.39. The third-order valence-corrected chi connectivity index (χ3v) is 5.96. The van der Waals surface area contributed by atoms with Crippen molar-refractivity contribution in [1.29, 1.82) is 0 Å². The van der Waals surface area contributed by atoms with Crippen LogP contribution in [0.3, 0.4) is 0 Å². The molecule has 3 aliphatic rings. The maximum Gasteiger partial charge on any atom is 0.193 e. The molecule has 2 unspecified atom stereocenters. The second-order valence-corrected chi connectivity index (χ2v) is 8.00. The van der Waals surface area contributed by atoms with Crippen LogP contribution in [-0.4, -0.2) is 74.8 Å². The summed E-state index contributed by atoms with van der Waals surface area (Å²) in [5.41, 5.74) is 0.400. The number of guanidine groups is 1. The summed E-state index contributed by atoms with van der Waals surface area (Å²) in [7, 11) is 1.92. The van der Waals surface area contributed by atoms with Crippen LogP contribution in [-0.2, 0) is 4.74 Å². The predicted molar refractivity (Wildman–Crippen MR) is 110 cm³/mol. The maximum atomic E-state index is 5.64. The highest BCUT2D eigenvalue weighted by atomic mass is 127. The molecule has 0 amide bonds. The van der Waals surface area contributed by atoms with Crippen molar-refractivity contribution in [2.24, 2.45) is 16.3 Å². The molecule has 0 aromatic heterocycles. The Morgan fingerprint density at radius 3 is 2.83 bits per heavy atom. The second-order valence-electron chi connectivity index (χ2n) is 8.00. The van der Waals surface area contributed by atoms with E-state index >= 15 is 0 Å². The lowest BCUT2D eigenvalue weighted by atomic mass is 9.87. The van der Waals surface area contributed by atoms with E-state index in [1.807, 2.05) is 7.05 Å². The molecule has 0 aliphatic carbocycles. The highest BCUT2D eigenvalue weighted by Gasteiger charge is 2.42. The van der Waals surface area contributed by atoms with Crippen LogP contribution in [0.5, 0.6) is 0 Å². The lowest BCUT2D eigenvalue weighted by Crippen LogP contribution is -2.47. The van der Waals surface area contributed by atoms with Gasteiger partial charge in [-0.1, -0.05) is 0 Å². The molecular weight excluding hydrogens is 415 g/mol. The molecule has 5 nitrogen and oxygen atoms in total. The molecule has 3 rings (SSSR count). The number of halogens is 1. The van der Waals surface area contributed by atoms with Crippen molar-refractivity contribution >= 4 is 29.9 Å². The van der Waals surface area contributed by atoms with Crippen LogP contribution in [0.4, 0.5) is 0 Å². The largest absolute Gasteiger partial charge is 0.381 e. The van der Waals surface area contributed by atoms with Gasteiger partial charge < -0.3 is 19.9 Å². The van der Waals surface area contributed by atoms with Gasteiger partial charge in [0.05, 0.1) is 6.61 Å². The van der Waals surface area contributed by atoms with Crippen molar-refractivity contribution in [3.63, 3.8) is 0 Å². The molecule has 0 aromatic rings. The van der Waals surface area contributed by atoms with Crippen LogP contribution in [0.15, 0.2) is 4.99 Å². The first kappa shape index (κ1) is 20.2. The molecule has 6 heteroatoms. The lowest BCUT2D eigenvalue weighted by molar-refractivity contribution is 0.140. The van der Waals surface area contributed by atoms with Gasteiger partial charge in [0.2, 0.25) is 0 Å². The van der Waals surface area contributed by atoms with Crippen molar-refractivity contribution in [2.45, 2.75) is 45.6 Å². The van der Waals surface area contributed by atoms with Gasteiger partial charge in [-0.3, -0.25) is 4.99 Å². The standard InChI is InChI=1S/C18H34N4O.HI/c1-15(2)21-8-4-5-16(12-21)11-20-17(19-3)22-9-6-18(13-22)7-10-23-14-18;/h15-16H,4-14H2,1-3H3,(H,19,20);1H. The lowest BCUT2D eigenvalue weighted by Gasteiger charge is -2.36. The van der Waals surface area contributed by atoms with Crippen molar-refractivity contribution in [2.75, 3.05) is 53.0 Å². The number of nitrogens with one attached hydrogen (secondary N) is 1. The fourth-order valence-electron chi connectivity index (χ4n) is 4.39. The van der Waals surface area contributed by atoms with E-state index in [-0.39, 0.29) is 24.0 Å². The number of likely N-dealkylation sites (tertiary alicyclic amines) is 2. The number of aliphatic imine (C=N–C) groups is 1. The molecule has 1 spiro atoms. The molecular formula is C18H35IN4O. The summed E-state index contributed by atoms with van der Waals surface area (Å²) >= 11 is 0. The minimum absolute atomic E-state index is 0. The van der Waals surface area contributed by atoms with Gasteiger partial charge in [-0.25, -0.2) is 0 Å². The SMILES string of the molecule is CN=C(NCC1CCCN(C(C)C)C1)N1CCC2(CCOC2)C1.I. The fraction of sp³-hybridized carbons (Fsp3) is 0.944. The van der Waals surface area contributed by atoms with E-state index in [1.54, 1.807) is 0 Å². The van der Waals surface area contributed by atoms with Crippen LogP contribution in [0.1, 0.15) is 39.5 Å². The Morgan fingerprint density at radius 2 is 2.17 bits per heavy atom. The zero-order valence-corrected chi connectivity index (χ0v) is 17.9. The van der Waals surface area contributed by atoms with Gasteiger partial charge >= 0.3 is 0 Å². The normalized spacial score (nSPS) is 31.8. The Labute approximate surface area is 164 Å². The molecule has 24 heavy (non-hydrogen) atoms. The van der Waals surface area contributed by atoms with E-state index in [2.05, 4.69) is 34.0 Å². The van der Waals surface area contributed by atoms with Crippen molar-refractivity contribution in [3.05, 3.63) is 0 Å². The monoisotopic (exact) mass is 450 g/mol. The molecule has 3 aliphatic heterocycles. The topological polar surface area (TPSA) is 40.1 Å². The summed E-state index contributed by atoms with van der Waals surface area (Å²) in [6.45, 7) is 12.2. The van der Waals surface area contributed by atoms with Gasteiger partial charge in [0.1, 0.15) is 0 Å². The van der Waals surface area contributed by atoms with Crippen molar-refractivity contribution in [1.82, 2.24) is 15.1 Å². The minimum atomic E-state index is 0. The molecule has 0 radical (unpaired) electrons.